The van der Waals surface area contributed by atoms with Gasteiger partial charge in [0.05, 0.1) is 0 Å². The predicted molar refractivity (Wildman–Crippen MR) is 117 cm³/mol. The highest BCUT2D eigenvalue weighted by Crippen LogP contribution is 2.33. The Bertz CT molecular complexity index is 595. The van der Waals surface area contributed by atoms with Gasteiger partial charge in [-0.15, -0.1) is 0 Å². The Hall–Kier alpha value is -1.55. The smallest absolute Gasteiger partial charge is 0.134 e. The molecule has 0 aromatic heterocycles. The SMILES string of the molecule is C=C(/C=C1/N=C(C2CC(N)C2)C=C(N(C)CCC)N1C)C(C)CCCCC. The molecule has 2 N–H and O–H groups in total. The molecule has 0 radical (unpaired) electrons. The third kappa shape index (κ3) is 5.71. The summed E-state index contributed by atoms with van der Waals surface area (Å²) >= 11 is 0. The third-order valence-corrected chi connectivity index (χ3v) is 5.94. The number of nitrogens with zero attached hydrogens (tertiary/aromatic N) is 3. The lowest BCUT2D eigenvalue weighted by Crippen LogP contribution is -2.42. The Balaban J connectivity index is 2.20. The molecule has 4 nitrogen and oxygen atoms in total. The van der Waals surface area contributed by atoms with Gasteiger partial charge in [-0.25, -0.2) is 4.99 Å². The molecule has 152 valence electrons. The Morgan fingerprint density at radius 3 is 2.67 bits per heavy atom. The Morgan fingerprint density at radius 1 is 1.37 bits per heavy atom. The molecular formula is C23H40N4. The Labute approximate surface area is 166 Å². The van der Waals surface area contributed by atoms with Gasteiger partial charge in [-0.2, -0.15) is 0 Å². The summed E-state index contributed by atoms with van der Waals surface area (Å²) in [4.78, 5) is 9.55. The van der Waals surface area contributed by atoms with Crippen molar-refractivity contribution in [3.8, 4) is 0 Å². The molecule has 1 saturated carbocycles. The Morgan fingerprint density at radius 2 is 2.07 bits per heavy atom. The fraction of sp³-hybridized carbons (Fsp3) is 0.696. The van der Waals surface area contributed by atoms with Gasteiger partial charge < -0.3 is 15.5 Å². The molecule has 1 aliphatic heterocycles. The van der Waals surface area contributed by atoms with E-state index in [1.54, 1.807) is 0 Å². The predicted octanol–water partition coefficient (Wildman–Crippen LogP) is 4.91. The fourth-order valence-electron chi connectivity index (χ4n) is 3.84. The molecule has 1 atom stereocenters. The summed E-state index contributed by atoms with van der Waals surface area (Å²) in [5.74, 6) is 3.23. The number of allylic oxidation sites excluding steroid dienone is 3. The van der Waals surface area contributed by atoms with Gasteiger partial charge in [-0.05, 0) is 43.3 Å². The molecule has 2 aliphatic rings. The van der Waals surface area contributed by atoms with Crippen LogP contribution in [0.1, 0.15) is 65.7 Å². The summed E-state index contributed by atoms with van der Waals surface area (Å²) in [5, 5.41) is 0. The van der Waals surface area contributed by atoms with E-state index in [2.05, 4.69) is 63.4 Å². The molecule has 1 unspecified atom stereocenters. The van der Waals surface area contributed by atoms with Crippen LogP contribution in [0, 0.1) is 11.8 Å². The zero-order valence-electron chi connectivity index (χ0n) is 18.2. The van der Waals surface area contributed by atoms with Crippen LogP contribution in [0.2, 0.25) is 0 Å². The second-order valence-electron chi connectivity index (χ2n) is 8.42. The number of hydrogen-bond donors (Lipinski definition) is 1. The van der Waals surface area contributed by atoms with E-state index in [0.717, 1.165) is 31.6 Å². The second-order valence-corrected chi connectivity index (χ2v) is 8.42. The normalized spacial score (nSPS) is 25.0. The van der Waals surface area contributed by atoms with Crippen molar-refractivity contribution >= 4 is 5.71 Å². The molecule has 1 heterocycles. The van der Waals surface area contributed by atoms with E-state index in [-0.39, 0.29) is 0 Å². The molecule has 0 aromatic carbocycles. The van der Waals surface area contributed by atoms with E-state index in [4.69, 9.17) is 10.7 Å². The van der Waals surface area contributed by atoms with E-state index in [1.165, 1.54) is 42.8 Å². The molecular weight excluding hydrogens is 332 g/mol. The average Bonchev–Trinajstić information content (AvgIpc) is 2.61. The van der Waals surface area contributed by atoms with Gasteiger partial charge in [0, 0.05) is 44.4 Å². The van der Waals surface area contributed by atoms with E-state index < -0.39 is 0 Å². The van der Waals surface area contributed by atoms with Crippen LogP contribution >= 0.6 is 0 Å². The minimum atomic E-state index is 0.337. The molecule has 0 aromatic rings. The van der Waals surface area contributed by atoms with E-state index in [9.17, 15) is 0 Å². The zero-order chi connectivity index (χ0) is 20.0. The summed E-state index contributed by atoms with van der Waals surface area (Å²) in [7, 11) is 4.28. The summed E-state index contributed by atoms with van der Waals surface area (Å²) < 4.78 is 0. The first-order valence-electron chi connectivity index (χ1n) is 10.8. The summed E-state index contributed by atoms with van der Waals surface area (Å²) in [6.07, 6.45) is 12.7. The van der Waals surface area contributed by atoms with E-state index in [1.807, 2.05) is 0 Å². The highest BCUT2D eigenvalue weighted by atomic mass is 15.3. The van der Waals surface area contributed by atoms with Crippen molar-refractivity contribution < 1.29 is 0 Å². The van der Waals surface area contributed by atoms with Gasteiger partial charge in [0.2, 0.25) is 0 Å². The van der Waals surface area contributed by atoms with E-state index >= 15 is 0 Å². The number of unbranched alkanes of at least 4 members (excludes halogenated alkanes) is 2. The first-order valence-corrected chi connectivity index (χ1v) is 10.8. The fourth-order valence-corrected chi connectivity index (χ4v) is 3.84. The Kier molecular flexibility index (Phi) is 8.15. The van der Waals surface area contributed by atoms with Crippen molar-refractivity contribution in [2.75, 3.05) is 20.6 Å². The lowest BCUT2D eigenvalue weighted by Gasteiger charge is -2.38. The summed E-state index contributed by atoms with van der Waals surface area (Å²) in [6, 6.07) is 0.337. The van der Waals surface area contributed by atoms with Gasteiger partial charge in [0.25, 0.3) is 0 Å². The van der Waals surface area contributed by atoms with Crippen molar-refractivity contribution in [3.63, 3.8) is 0 Å². The van der Waals surface area contributed by atoms with Crippen LogP contribution in [-0.2, 0) is 0 Å². The van der Waals surface area contributed by atoms with Crippen molar-refractivity contribution in [2.24, 2.45) is 22.6 Å². The molecule has 0 bridgehead atoms. The first kappa shape index (κ1) is 21.7. The number of aliphatic imine (C=N–C) groups is 1. The maximum Gasteiger partial charge on any atom is 0.134 e. The van der Waals surface area contributed by atoms with Gasteiger partial charge >= 0.3 is 0 Å². The van der Waals surface area contributed by atoms with Gasteiger partial charge in [-0.3, -0.25) is 0 Å². The van der Waals surface area contributed by atoms with Crippen molar-refractivity contribution in [1.82, 2.24) is 9.80 Å². The van der Waals surface area contributed by atoms with Crippen LogP contribution in [-0.4, -0.2) is 42.2 Å². The zero-order valence-corrected chi connectivity index (χ0v) is 18.2. The molecule has 0 spiro atoms. The minimum Gasteiger partial charge on any atom is -0.361 e. The highest BCUT2D eigenvalue weighted by molar-refractivity contribution is 5.99. The van der Waals surface area contributed by atoms with Crippen LogP contribution in [0.4, 0.5) is 0 Å². The maximum absolute atomic E-state index is 6.03. The largest absolute Gasteiger partial charge is 0.361 e. The van der Waals surface area contributed by atoms with Gasteiger partial charge in [0.1, 0.15) is 11.6 Å². The molecule has 2 rings (SSSR count). The summed E-state index contributed by atoms with van der Waals surface area (Å²) in [5.41, 5.74) is 8.40. The maximum atomic E-state index is 6.03. The van der Waals surface area contributed by atoms with Crippen LogP contribution in [0.15, 0.2) is 40.9 Å². The van der Waals surface area contributed by atoms with Gasteiger partial charge in [0.15, 0.2) is 0 Å². The molecule has 4 heteroatoms. The van der Waals surface area contributed by atoms with Crippen LogP contribution in [0.3, 0.4) is 0 Å². The van der Waals surface area contributed by atoms with Gasteiger partial charge in [-0.1, -0.05) is 46.6 Å². The minimum absolute atomic E-state index is 0.337. The summed E-state index contributed by atoms with van der Waals surface area (Å²) in [6.45, 7) is 12.2. The number of nitrogens with two attached hydrogens (primary N) is 1. The third-order valence-electron chi connectivity index (χ3n) is 5.94. The second kappa shape index (κ2) is 10.1. The molecule has 0 saturated heterocycles. The monoisotopic (exact) mass is 372 g/mol. The van der Waals surface area contributed by atoms with Crippen molar-refractivity contribution in [1.29, 1.82) is 0 Å². The number of hydrogen-bond acceptors (Lipinski definition) is 4. The lowest BCUT2D eigenvalue weighted by molar-refractivity contribution is 0.295. The molecule has 0 amide bonds. The van der Waals surface area contributed by atoms with Crippen LogP contribution < -0.4 is 5.73 Å². The molecule has 1 fully saturated rings. The average molecular weight is 373 g/mol. The number of rotatable bonds is 10. The van der Waals surface area contributed by atoms with E-state index in [0.29, 0.717) is 17.9 Å². The van der Waals surface area contributed by atoms with Crippen LogP contribution in [0.25, 0.3) is 0 Å². The lowest BCUT2D eigenvalue weighted by atomic mass is 9.77. The topological polar surface area (TPSA) is 44.9 Å². The quantitative estimate of drug-likeness (QED) is 0.554. The first-order chi connectivity index (χ1) is 12.9. The van der Waals surface area contributed by atoms with Crippen LogP contribution in [0.5, 0.6) is 0 Å². The van der Waals surface area contributed by atoms with Crippen molar-refractivity contribution in [2.45, 2.75) is 71.8 Å². The molecule has 1 aliphatic carbocycles. The highest BCUT2D eigenvalue weighted by Gasteiger charge is 2.32. The standard InChI is InChI=1S/C23H40N4/c1-7-9-10-11-17(3)18(4)13-22-25-21(19-14-20(24)15-19)16-23(27(22)6)26(5)12-8-2/h13,16-17,19-20H,4,7-12,14-15,24H2,1-3,5-6H3/b22-13-. The van der Waals surface area contributed by atoms with Crippen molar-refractivity contribution in [3.05, 3.63) is 35.9 Å². The molecule has 27 heavy (non-hydrogen) atoms.